The Morgan fingerprint density at radius 1 is 1.27 bits per heavy atom. The molecule has 0 unspecified atom stereocenters. The minimum atomic E-state index is 0.613. The molecule has 56 valence electrons. The van der Waals surface area contributed by atoms with Gasteiger partial charge in [0.25, 0.3) is 0 Å². The van der Waals surface area contributed by atoms with E-state index in [0.29, 0.717) is 5.56 Å². The van der Waals surface area contributed by atoms with Gasteiger partial charge in [-0.05, 0) is 44.0 Å². The molecule has 0 heterocycles. The molecule has 0 aliphatic heterocycles. The SMILES string of the molecule is N#Cc1cc(Br)c(S)c(Br)c1. The lowest BCUT2D eigenvalue weighted by Crippen LogP contribution is -1.78. The third kappa shape index (κ3) is 1.98. The van der Waals surface area contributed by atoms with Crippen molar-refractivity contribution in [2.45, 2.75) is 4.90 Å². The lowest BCUT2D eigenvalue weighted by atomic mass is 10.2. The summed E-state index contributed by atoms with van der Waals surface area (Å²) in [5, 5.41) is 8.56. The molecular formula is C7H3Br2NS. The van der Waals surface area contributed by atoms with Gasteiger partial charge in [-0.1, -0.05) is 0 Å². The van der Waals surface area contributed by atoms with E-state index >= 15 is 0 Å². The number of thiol groups is 1. The Balaban J connectivity index is 3.35. The Labute approximate surface area is 87.1 Å². The summed E-state index contributed by atoms with van der Waals surface area (Å²) in [6.07, 6.45) is 0. The fraction of sp³-hybridized carbons (Fsp3) is 0. The maximum absolute atomic E-state index is 8.56. The van der Waals surface area contributed by atoms with Crippen LogP contribution in [0.3, 0.4) is 0 Å². The van der Waals surface area contributed by atoms with Crippen LogP contribution in [0.2, 0.25) is 0 Å². The van der Waals surface area contributed by atoms with Crippen LogP contribution in [0.1, 0.15) is 5.56 Å². The zero-order valence-corrected chi connectivity index (χ0v) is 9.37. The van der Waals surface area contributed by atoms with Crippen LogP contribution in [0.5, 0.6) is 0 Å². The molecule has 0 saturated heterocycles. The molecule has 0 radical (unpaired) electrons. The quantitative estimate of drug-likeness (QED) is 0.728. The van der Waals surface area contributed by atoms with Crippen LogP contribution in [-0.4, -0.2) is 0 Å². The van der Waals surface area contributed by atoms with Crippen molar-refractivity contribution in [3.05, 3.63) is 26.6 Å². The molecule has 0 fully saturated rings. The van der Waals surface area contributed by atoms with Crippen LogP contribution in [-0.2, 0) is 0 Å². The molecular weight excluding hydrogens is 290 g/mol. The van der Waals surface area contributed by atoms with Gasteiger partial charge in [0, 0.05) is 13.8 Å². The largest absolute Gasteiger partial charge is 0.192 e. The monoisotopic (exact) mass is 291 g/mol. The molecule has 1 nitrogen and oxygen atoms in total. The van der Waals surface area contributed by atoms with Gasteiger partial charge in [0.05, 0.1) is 11.6 Å². The van der Waals surface area contributed by atoms with Crippen molar-refractivity contribution in [3.63, 3.8) is 0 Å². The fourth-order valence-corrected chi connectivity index (χ4v) is 1.95. The van der Waals surface area contributed by atoms with Gasteiger partial charge in [0.15, 0.2) is 0 Å². The lowest BCUT2D eigenvalue weighted by molar-refractivity contribution is 1.34. The maximum atomic E-state index is 8.56. The molecule has 0 bridgehead atoms. The van der Waals surface area contributed by atoms with Gasteiger partial charge >= 0.3 is 0 Å². The molecule has 4 heteroatoms. The van der Waals surface area contributed by atoms with Crippen LogP contribution in [0.15, 0.2) is 26.0 Å². The van der Waals surface area contributed by atoms with Gasteiger partial charge in [0.2, 0.25) is 0 Å². The molecule has 0 aliphatic rings. The summed E-state index contributed by atoms with van der Waals surface area (Å²) in [4.78, 5) is 0.809. The highest BCUT2D eigenvalue weighted by atomic mass is 79.9. The molecule has 0 amide bonds. The van der Waals surface area contributed by atoms with Crippen LogP contribution in [0.25, 0.3) is 0 Å². The summed E-state index contributed by atoms with van der Waals surface area (Å²) < 4.78 is 1.65. The molecule has 0 N–H and O–H groups in total. The minimum Gasteiger partial charge on any atom is -0.192 e. The first-order valence-electron chi connectivity index (χ1n) is 2.73. The molecule has 0 atom stereocenters. The van der Waals surface area contributed by atoms with Crippen LogP contribution < -0.4 is 0 Å². The van der Waals surface area contributed by atoms with E-state index < -0.39 is 0 Å². The van der Waals surface area contributed by atoms with Gasteiger partial charge in [0.1, 0.15) is 0 Å². The van der Waals surface area contributed by atoms with Crippen molar-refractivity contribution in [3.8, 4) is 6.07 Å². The maximum Gasteiger partial charge on any atom is 0.0992 e. The van der Waals surface area contributed by atoms with Crippen LogP contribution in [0, 0.1) is 11.3 Å². The zero-order valence-electron chi connectivity index (χ0n) is 5.31. The fourth-order valence-electron chi connectivity index (χ4n) is 0.630. The number of rotatable bonds is 0. The predicted octanol–water partition coefficient (Wildman–Crippen LogP) is 3.37. The van der Waals surface area contributed by atoms with Crippen molar-refractivity contribution in [2.24, 2.45) is 0 Å². The minimum absolute atomic E-state index is 0.613. The summed E-state index contributed by atoms with van der Waals surface area (Å²) >= 11 is 10.8. The van der Waals surface area contributed by atoms with Crippen LogP contribution in [0.4, 0.5) is 0 Å². The summed E-state index contributed by atoms with van der Waals surface area (Å²) in [5.41, 5.74) is 0.613. The Hall–Kier alpha value is 0.0200. The highest BCUT2D eigenvalue weighted by Crippen LogP contribution is 2.29. The second-order valence-corrected chi connectivity index (χ2v) is 4.06. The first-order chi connectivity index (χ1) is 5.15. The molecule has 11 heavy (non-hydrogen) atoms. The van der Waals surface area contributed by atoms with Gasteiger partial charge in [-0.25, -0.2) is 0 Å². The number of halogens is 2. The summed E-state index contributed by atoms with van der Waals surface area (Å²) in [5.74, 6) is 0. The van der Waals surface area contributed by atoms with E-state index in [-0.39, 0.29) is 0 Å². The van der Waals surface area contributed by atoms with E-state index in [1.165, 1.54) is 0 Å². The van der Waals surface area contributed by atoms with Crippen molar-refractivity contribution < 1.29 is 0 Å². The average Bonchev–Trinajstić information content (AvgIpc) is 1.99. The predicted molar refractivity (Wildman–Crippen MR) is 53.8 cm³/mol. The summed E-state index contributed by atoms with van der Waals surface area (Å²) in [7, 11) is 0. The number of hydrogen-bond donors (Lipinski definition) is 1. The smallest absolute Gasteiger partial charge is 0.0992 e. The summed E-state index contributed by atoms with van der Waals surface area (Å²) in [6.45, 7) is 0. The normalized spacial score (nSPS) is 9.27. The Morgan fingerprint density at radius 3 is 2.09 bits per heavy atom. The Morgan fingerprint density at radius 2 is 1.73 bits per heavy atom. The van der Waals surface area contributed by atoms with Gasteiger partial charge in [-0.3, -0.25) is 0 Å². The van der Waals surface area contributed by atoms with Gasteiger partial charge < -0.3 is 0 Å². The van der Waals surface area contributed by atoms with Crippen molar-refractivity contribution in [1.82, 2.24) is 0 Å². The van der Waals surface area contributed by atoms with Gasteiger partial charge in [-0.2, -0.15) is 5.26 Å². The summed E-state index contributed by atoms with van der Waals surface area (Å²) in [6, 6.07) is 5.50. The van der Waals surface area contributed by atoms with E-state index in [0.717, 1.165) is 13.8 Å². The first kappa shape index (κ1) is 9.11. The molecule has 0 spiro atoms. The van der Waals surface area contributed by atoms with Crippen molar-refractivity contribution in [2.75, 3.05) is 0 Å². The van der Waals surface area contributed by atoms with E-state index in [1.807, 2.05) is 6.07 Å². The molecule has 0 aromatic heterocycles. The highest BCUT2D eigenvalue weighted by Gasteiger charge is 2.02. The first-order valence-corrected chi connectivity index (χ1v) is 4.76. The number of benzene rings is 1. The average molecular weight is 293 g/mol. The molecule has 0 aliphatic carbocycles. The molecule has 1 aromatic rings. The number of hydrogen-bond acceptors (Lipinski definition) is 2. The Kier molecular flexibility index (Phi) is 2.99. The zero-order chi connectivity index (χ0) is 8.43. The van der Waals surface area contributed by atoms with E-state index in [2.05, 4.69) is 44.5 Å². The third-order valence-corrected chi connectivity index (χ3v) is 3.49. The lowest BCUT2D eigenvalue weighted by Gasteiger charge is -1.99. The molecule has 1 aromatic carbocycles. The third-order valence-electron chi connectivity index (χ3n) is 1.15. The van der Waals surface area contributed by atoms with E-state index in [9.17, 15) is 0 Å². The van der Waals surface area contributed by atoms with Crippen LogP contribution >= 0.6 is 44.5 Å². The van der Waals surface area contributed by atoms with Crippen molar-refractivity contribution in [1.29, 1.82) is 5.26 Å². The molecule has 0 saturated carbocycles. The van der Waals surface area contributed by atoms with E-state index in [4.69, 9.17) is 5.26 Å². The Bertz CT molecular complexity index is 307. The van der Waals surface area contributed by atoms with Crippen molar-refractivity contribution >= 4 is 44.5 Å². The van der Waals surface area contributed by atoms with E-state index in [1.54, 1.807) is 12.1 Å². The standard InChI is InChI=1S/C7H3Br2NS/c8-5-1-4(3-10)2-6(9)7(5)11/h1-2,11H. The second kappa shape index (κ2) is 3.61. The number of nitrogens with zero attached hydrogens (tertiary/aromatic N) is 1. The topological polar surface area (TPSA) is 23.8 Å². The van der Waals surface area contributed by atoms with Gasteiger partial charge in [-0.15, -0.1) is 12.6 Å². The molecule has 1 rings (SSSR count). The second-order valence-electron chi connectivity index (χ2n) is 1.90. The highest BCUT2D eigenvalue weighted by molar-refractivity contribution is 9.11. The number of nitriles is 1.